The maximum atomic E-state index is 13.6. The van der Waals surface area contributed by atoms with Gasteiger partial charge in [-0.2, -0.15) is 0 Å². The Kier molecular flexibility index (Phi) is 5.08. The van der Waals surface area contributed by atoms with Crippen LogP contribution in [0.1, 0.15) is 53.0 Å². The number of nitrogens with zero attached hydrogens (tertiary/aromatic N) is 2. The quantitative estimate of drug-likeness (QED) is 0.234. The smallest absolute Gasteiger partial charge is 0.266 e. The Labute approximate surface area is 207 Å². The van der Waals surface area contributed by atoms with Crippen LogP contribution in [0.2, 0.25) is 0 Å². The van der Waals surface area contributed by atoms with Gasteiger partial charge in [-0.1, -0.05) is 78.9 Å². The fourth-order valence-corrected chi connectivity index (χ4v) is 4.85. The third-order valence-electron chi connectivity index (χ3n) is 6.66. The Balaban J connectivity index is 1.34. The summed E-state index contributed by atoms with van der Waals surface area (Å²) in [6.07, 6.45) is 0. The Bertz CT molecular complexity index is 1520. The standard InChI is InChI=1S/C30H20N2O4/c33-27(20-12-6-2-7-13-20)26-25(19-10-4-1-5-11-19)32(26)28(34)21-16-17-23-24(18-21)30(36)31(29(23)35)22-14-8-3-9-15-22/h1-18,25-26H/t25-,26+,32?/m1/s1. The molecule has 0 unspecified atom stereocenters. The molecule has 2 aliphatic rings. The largest absolute Gasteiger partial charge is 0.316 e. The summed E-state index contributed by atoms with van der Waals surface area (Å²) in [4.78, 5) is 55.7. The molecule has 6 rings (SSSR count). The first kappa shape index (κ1) is 21.7. The third-order valence-corrected chi connectivity index (χ3v) is 6.66. The zero-order valence-corrected chi connectivity index (χ0v) is 19.1. The number of amides is 3. The summed E-state index contributed by atoms with van der Waals surface area (Å²) in [5.41, 5.74) is 2.56. The van der Waals surface area contributed by atoms with E-state index in [-0.39, 0.29) is 28.4 Å². The highest BCUT2D eigenvalue weighted by atomic mass is 16.2. The second-order valence-corrected chi connectivity index (χ2v) is 8.78. The summed E-state index contributed by atoms with van der Waals surface area (Å²) in [6.45, 7) is 0. The Morgan fingerprint density at radius 3 is 1.86 bits per heavy atom. The number of carbonyl (C=O) groups excluding carboxylic acids is 4. The average molecular weight is 473 g/mol. The molecule has 4 aromatic carbocycles. The molecule has 4 aromatic rings. The van der Waals surface area contributed by atoms with Gasteiger partial charge < -0.3 is 4.90 Å². The molecule has 2 atom stereocenters. The van der Waals surface area contributed by atoms with Crippen molar-refractivity contribution in [3.05, 3.63) is 137 Å². The van der Waals surface area contributed by atoms with Crippen LogP contribution in [-0.2, 0) is 0 Å². The minimum atomic E-state index is -0.645. The molecule has 3 amide bonds. The summed E-state index contributed by atoms with van der Waals surface area (Å²) in [7, 11) is 0. The first-order chi connectivity index (χ1) is 17.6. The van der Waals surface area contributed by atoms with Crippen molar-refractivity contribution in [2.75, 3.05) is 4.90 Å². The first-order valence-corrected chi connectivity index (χ1v) is 11.6. The van der Waals surface area contributed by atoms with Crippen molar-refractivity contribution >= 4 is 29.2 Å². The van der Waals surface area contributed by atoms with Crippen LogP contribution in [-0.4, -0.2) is 34.4 Å². The fraction of sp³-hybridized carbons (Fsp3) is 0.0667. The van der Waals surface area contributed by atoms with Crippen LogP contribution >= 0.6 is 0 Å². The van der Waals surface area contributed by atoms with Crippen LogP contribution in [0.4, 0.5) is 5.69 Å². The number of imide groups is 1. The SMILES string of the molecule is O=C(c1ccccc1)[C@@H]1[C@@H](c2ccccc2)N1C(=O)c1ccc2c(c1)C(=O)N(c1ccccc1)C2=O. The molecule has 0 saturated carbocycles. The van der Waals surface area contributed by atoms with E-state index < -0.39 is 23.9 Å². The molecule has 2 heterocycles. The third kappa shape index (κ3) is 3.43. The first-order valence-electron chi connectivity index (χ1n) is 11.6. The molecule has 2 aliphatic heterocycles. The molecule has 1 saturated heterocycles. The van der Waals surface area contributed by atoms with E-state index in [0.717, 1.165) is 10.5 Å². The number of rotatable bonds is 5. The van der Waals surface area contributed by atoms with Crippen LogP contribution in [0.25, 0.3) is 0 Å². The second kappa shape index (κ2) is 8.43. The van der Waals surface area contributed by atoms with Crippen molar-refractivity contribution in [1.82, 2.24) is 4.90 Å². The molecule has 0 spiro atoms. The Morgan fingerprint density at radius 1 is 0.611 bits per heavy atom. The number of para-hydroxylation sites is 1. The van der Waals surface area contributed by atoms with Crippen LogP contribution in [0.15, 0.2) is 109 Å². The van der Waals surface area contributed by atoms with E-state index in [0.29, 0.717) is 11.3 Å². The van der Waals surface area contributed by atoms with Crippen LogP contribution in [0.5, 0.6) is 0 Å². The minimum Gasteiger partial charge on any atom is -0.316 e. The molecule has 6 heteroatoms. The number of ketones is 1. The molecule has 0 radical (unpaired) electrons. The molecule has 0 N–H and O–H groups in total. The fourth-order valence-electron chi connectivity index (χ4n) is 4.85. The molecule has 1 fully saturated rings. The molecule has 0 aliphatic carbocycles. The van der Waals surface area contributed by atoms with Gasteiger partial charge in [-0.3, -0.25) is 19.2 Å². The maximum absolute atomic E-state index is 13.6. The Hall–Kier alpha value is -4.84. The molecule has 36 heavy (non-hydrogen) atoms. The number of Topliss-reactive ketones (excluding diaryl/α,β-unsaturated/α-hetero) is 1. The number of hydrogen-bond acceptors (Lipinski definition) is 4. The van der Waals surface area contributed by atoms with Gasteiger partial charge in [-0.25, -0.2) is 4.90 Å². The number of anilines is 1. The van der Waals surface area contributed by atoms with Gasteiger partial charge in [0.25, 0.3) is 17.7 Å². The summed E-state index contributed by atoms with van der Waals surface area (Å²) in [6, 6.07) is 30.5. The van der Waals surface area contributed by atoms with Gasteiger partial charge in [-0.05, 0) is 35.9 Å². The van der Waals surface area contributed by atoms with Crippen molar-refractivity contribution in [3.8, 4) is 0 Å². The van der Waals surface area contributed by atoms with Crippen molar-refractivity contribution in [2.45, 2.75) is 12.1 Å². The van der Waals surface area contributed by atoms with Gasteiger partial charge in [0.1, 0.15) is 6.04 Å². The van der Waals surface area contributed by atoms with Crippen LogP contribution in [0.3, 0.4) is 0 Å². The molecule has 0 bridgehead atoms. The lowest BCUT2D eigenvalue weighted by Gasteiger charge is -2.13. The minimum absolute atomic E-state index is 0.138. The highest BCUT2D eigenvalue weighted by molar-refractivity contribution is 6.34. The lowest BCUT2D eigenvalue weighted by Crippen LogP contribution is -2.29. The van der Waals surface area contributed by atoms with E-state index in [1.807, 2.05) is 36.4 Å². The van der Waals surface area contributed by atoms with Gasteiger partial charge in [-0.15, -0.1) is 0 Å². The highest BCUT2D eigenvalue weighted by Crippen LogP contribution is 2.46. The normalized spacial score (nSPS) is 18.2. The molecular weight excluding hydrogens is 452 g/mol. The second-order valence-electron chi connectivity index (χ2n) is 8.78. The van der Waals surface area contributed by atoms with Crippen molar-refractivity contribution in [3.63, 3.8) is 0 Å². The number of benzene rings is 4. The van der Waals surface area contributed by atoms with Crippen LogP contribution in [0, 0.1) is 0 Å². The molecule has 174 valence electrons. The summed E-state index contributed by atoms with van der Waals surface area (Å²) < 4.78 is 0. The maximum Gasteiger partial charge on any atom is 0.266 e. The van der Waals surface area contributed by atoms with Gasteiger partial charge in [0.2, 0.25) is 0 Å². The van der Waals surface area contributed by atoms with E-state index in [4.69, 9.17) is 0 Å². The lowest BCUT2D eigenvalue weighted by atomic mass is 10.0. The van der Waals surface area contributed by atoms with Gasteiger partial charge >= 0.3 is 0 Å². The predicted octanol–water partition coefficient (Wildman–Crippen LogP) is 4.94. The number of carbonyl (C=O) groups is 4. The molecule has 0 aromatic heterocycles. The summed E-state index contributed by atoms with van der Waals surface area (Å²) >= 11 is 0. The summed E-state index contributed by atoms with van der Waals surface area (Å²) in [5, 5.41) is 0. The summed E-state index contributed by atoms with van der Waals surface area (Å²) in [5.74, 6) is -1.40. The van der Waals surface area contributed by atoms with E-state index in [2.05, 4.69) is 0 Å². The number of hydrogen-bond donors (Lipinski definition) is 0. The van der Waals surface area contributed by atoms with E-state index >= 15 is 0 Å². The van der Waals surface area contributed by atoms with Crippen molar-refractivity contribution in [2.24, 2.45) is 0 Å². The van der Waals surface area contributed by atoms with Crippen molar-refractivity contribution in [1.29, 1.82) is 0 Å². The highest BCUT2D eigenvalue weighted by Gasteiger charge is 2.56. The van der Waals surface area contributed by atoms with Gasteiger partial charge in [0.05, 0.1) is 22.9 Å². The predicted molar refractivity (Wildman–Crippen MR) is 134 cm³/mol. The zero-order valence-electron chi connectivity index (χ0n) is 19.1. The average Bonchev–Trinajstić information content (AvgIpc) is 3.63. The molecular formula is C30H20N2O4. The van der Waals surface area contributed by atoms with E-state index in [1.165, 1.54) is 12.1 Å². The zero-order chi connectivity index (χ0) is 24.8. The lowest BCUT2D eigenvalue weighted by molar-refractivity contribution is 0.0833. The number of fused-ring (bicyclic) bond motifs is 1. The van der Waals surface area contributed by atoms with E-state index in [9.17, 15) is 19.2 Å². The van der Waals surface area contributed by atoms with E-state index in [1.54, 1.807) is 65.6 Å². The Morgan fingerprint density at radius 2 is 1.19 bits per heavy atom. The van der Waals surface area contributed by atoms with Gasteiger partial charge in [0.15, 0.2) is 5.78 Å². The topological polar surface area (TPSA) is 74.5 Å². The van der Waals surface area contributed by atoms with Crippen LogP contribution < -0.4 is 4.90 Å². The molecule has 6 nitrogen and oxygen atoms in total. The van der Waals surface area contributed by atoms with Crippen molar-refractivity contribution < 1.29 is 19.2 Å². The van der Waals surface area contributed by atoms with Gasteiger partial charge in [0, 0.05) is 11.1 Å². The monoisotopic (exact) mass is 472 g/mol.